The summed E-state index contributed by atoms with van der Waals surface area (Å²) in [7, 11) is 0. The van der Waals surface area contributed by atoms with Crippen molar-refractivity contribution < 1.29 is 9.13 Å². The summed E-state index contributed by atoms with van der Waals surface area (Å²) < 4.78 is 18.8. The Balaban J connectivity index is 2.27. The van der Waals surface area contributed by atoms with Crippen molar-refractivity contribution in [3.05, 3.63) is 35.8 Å². The highest BCUT2D eigenvalue weighted by molar-refractivity contribution is 5.80. The smallest absolute Gasteiger partial charge is 0.147 e. The van der Waals surface area contributed by atoms with E-state index in [2.05, 4.69) is 4.98 Å². The molecule has 0 radical (unpaired) electrons. The van der Waals surface area contributed by atoms with E-state index in [0.29, 0.717) is 12.1 Å². The zero-order valence-corrected chi connectivity index (χ0v) is 8.88. The van der Waals surface area contributed by atoms with Crippen LogP contribution in [0.3, 0.4) is 0 Å². The van der Waals surface area contributed by atoms with Gasteiger partial charge in [-0.1, -0.05) is 12.1 Å². The average molecular weight is 207 g/mol. The van der Waals surface area contributed by atoms with Gasteiger partial charge in [-0.15, -0.1) is 0 Å². The van der Waals surface area contributed by atoms with Gasteiger partial charge in [0.05, 0.1) is 18.2 Å². The van der Waals surface area contributed by atoms with E-state index in [0.717, 1.165) is 11.1 Å². The standard InChI is InChI=1S/C12H14FNO/c1-8(2)15-7-10-6-9-4-3-5-11(13)12(9)14-10/h3-6,8,14H,7H2,1-2H3. The second kappa shape index (κ2) is 4.03. The molecule has 3 heteroatoms. The topological polar surface area (TPSA) is 25.0 Å². The first-order valence-corrected chi connectivity index (χ1v) is 5.04. The van der Waals surface area contributed by atoms with Crippen molar-refractivity contribution in [3.63, 3.8) is 0 Å². The molecule has 0 aliphatic rings. The number of aromatic nitrogens is 1. The van der Waals surface area contributed by atoms with Gasteiger partial charge < -0.3 is 9.72 Å². The normalized spacial score (nSPS) is 11.5. The lowest BCUT2D eigenvalue weighted by Crippen LogP contribution is -2.02. The lowest BCUT2D eigenvalue weighted by atomic mass is 10.2. The van der Waals surface area contributed by atoms with Gasteiger partial charge in [-0.05, 0) is 26.0 Å². The number of nitrogens with one attached hydrogen (secondary N) is 1. The molecule has 0 bridgehead atoms. The maximum Gasteiger partial charge on any atom is 0.147 e. The van der Waals surface area contributed by atoms with Crippen molar-refractivity contribution in [3.8, 4) is 0 Å². The largest absolute Gasteiger partial charge is 0.373 e. The number of hydrogen-bond donors (Lipinski definition) is 1. The monoisotopic (exact) mass is 207 g/mol. The number of fused-ring (bicyclic) bond motifs is 1. The van der Waals surface area contributed by atoms with Crippen LogP contribution in [0.2, 0.25) is 0 Å². The van der Waals surface area contributed by atoms with Crippen LogP contribution in [-0.2, 0) is 11.3 Å². The molecule has 0 atom stereocenters. The summed E-state index contributed by atoms with van der Waals surface area (Å²) in [6.45, 7) is 4.44. The summed E-state index contributed by atoms with van der Waals surface area (Å²) >= 11 is 0. The fourth-order valence-electron chi connectivity index (χ4n) is 1.51. The number of halogens is 1. The van der Waals surface area contributed by atoms with Gasteiger partial charge in [-0.3, -0.25) is 0 Å². The number of para-hydroxylation sites is 1. The minimum absolute atomic E-state index is 0.182. The lowest BCUT2D eigenvalue weighted by Gasteiger charge is -2.04. The number of aromatic amines is 1. The molecule has 2 nitrogen and oxygen atoms in total. The van der Waals surface area contributed by atoms with Crippen molar-refractivity contribution in [2.75, 3.05) is 0 Å². The Bertz CT molecular complexity index is 462. The predicted molar refractivity (Wildman–Crippen MR) is 58.2 cm³/mol. The van der Waals surface area contributed by atoms with Crippen LogP contribution in [0, 0.1) is 5.82 Å². The van der Waals surface area contributed by atoms with Crippen molar-refractivity contribution in [2.24, 2.45) is 0 Å². The van der Waals surface area contributed by atoms with Crippen LogP contribution in [0.1, 0.15) is 19.5 Å². The van der Waals surface area contributed by atoms with Crippen molar-refractivity contribution >= 4 is 10.9 Å². The van der Waals surface area contributed by atoms with Gasteiger partial charge in [-0.25, -0.2) is 4.39 Å². The second-order valence-corrected chi connectivity index (χ2v) is 3.86. The number of H-pyrrole nitrogens is 1. The van der Waals surface area contributed by atoms with Crippen molar-refractivity contribution in [2.45, 2.75) is 26.6 Å². The van der Waals surface area contributed by atoms with Crippen LogP contribution in [-0.4, -0.2) is 11.1 Å². The quantitative estimate of drug-likeness (QED) is 0.821. The van der Waals surface area contributed by atoms with Crippen LogP contribution in [0.15, 0.2) is 24.3 Å². The maximum absolute atomic E-state index is 13.3. The molecular weight excluding hydrogens is 193 g/mol. The molecule has 80 valence electrons. The first-order valence-electron chi connectivity index (χ1n) is 5.04. The summed E-state index contributed by atoms with van der Waals surface area (Å²) in [5.41, 5.74) is 1.46. The predicted octanol–water partition coefficient (Wildman–Crippen LogP) is 3.23. The molecule has 1 aromatic heterocycles. The molecule has 0 aliphatic carbocycles. The van der Waals surface area contributed by atoms with E-state index in [1.807, 2.05) is 26.0 Å². The highest BCUT2D eigenvalue weighted by atomic mass is 19.1. The molecule has 2 aromatic rings. The molecule has 1 N–H and O–H groups in total. The molecule has 0 fully saturated rings. The minimum atomic E-state index is -0.219. The molecule has 1 heterocycles. The Kier molecular flexibility index (Phi) is 2.73. The van der Waals surface area contributed by atoms with E-state index in [1.54, 1.807) is 6.07 Å². The van der Waals surface area contributed by atoms with E-state index in [9.17, 15) is 4.39 Å². The van der Waals surface area contributed by atoms with E-state index in [4.69, 9.17) is 4.74 Å². The number of benzene rings is 1. The summed E-state index contributed by atoms with van der Waals surface area (Å²) in [5.74, 6) is -0.219. The molecule has 0 saturated carbocycles. The van der Waals surface area contributed by atoms with Crippen molar-refractivity contribution in [1.29, 1.82) is 0 Å². The average Bonchev–Trinajstić information content (AvgIpc) is 2.59. The van der Waals surface area contributed by atoms with Crippen LogP contribution in [0.25, 0.3) is 10.9 Å². The SMILES string of the molecule is CC(C)OCc1cc2cccc(F)c2[nH]1. The van der Waals surface area contributed by atoms with Crippen LogP contribution >= 0.6 is 0 Å². The minimum Gasteiger partial charge on any atom is -0.373 e. The highest BCUT2D eigenvalue weighted by Crippen LogP contribution is 2.18. The maximum atomic E-state index is 13.3. The zero-order valence-electron chi connectivity index (χ0n) is 8.88. The molecule has 2 rings (SSSR count). The van der Waals surface area contributed by atoms with Gasteiger partial charge in [0.1, 0.15) is 5.82 Å². The third-order valence-electron chi connectivity index (χ3n) is 2.23. The van der Waals surface area contributed by atoms with Gasteiger partial charge in [0, 0.05) is 11.1 Å². The summed E-state index contributed by atoms with van der Waals surface area (Å²) in [4.78, 5) is 3.02. The van der Waals surface area contributed by atoms with Gasteiger partial charge >= 0.3 is 0 Å². The number of hydrogen-bond acceptors (Lipinski definition) is 1. The summed E-state index contributed by atoms with van der Waals surface area (Å²) in [6, 6.07) is 6.96. The van der Waals surface area contributed by atoms with E-state index in [-0.39, 0.29) is 11.9 Å². The first-order chi connectivity index (χ1) is 7.16. The summed E-state index contributed by atoms with van der Waals surface area (Å²) in [5, 5.41) is 0.886. The molecule has 0 unspecified atom stereocenters. The van der Waals surface area contributed by atoms with Crippen molar-refractivity contribution in [1.82, 2.24) is 4.98 Å². The molecule has 0 saturated heterocycles. The lowest BCUT2D eigenvalue weighted by molar-refractivity contribution is 0.0639. The molecule has 0 aliphatic heterocycles. The van der Waals surface area contributed by atoms with E-state index < -0.39 is 0 Å². The molecule has 15 heavy (non-hydrogen) atoms. The third kappa shape index (κ3) is 2.18. The Labute approximate surface area is 88.1 Å². The fraction of sp³-hybridized carbons (Fsp3) is 0.333. The number of ether oxygens (including phenoxy) is 1. The molecule has 0 amide bonds. The zero-order chi connectivity index (χ0) is 10.8. The van der Waals surface area contributed by atoms with Gasteiger partial charge in [-0.2, -0.15) is 0 Å². The van der Waals surface area contributed by atoms with E-state index >= 15 is 0 Å². The fourth-order valence-corrected chi connectivity index (χ4v) is 1.51. The Morgan fingerprint density at radius 3 is 2.87 bits per heavy atom. The summed E-state index contributed by atoms with van der Waals surface area (Å²) in [6.07, 6.45) is 0.182. The van der Waals surface area contributed by atoms with Gasteiger partial charge in [0.25, 0.3) is 0 Å². The second-order valence-electron chi connectivity index (χ2n) is 3.86. The van der Waals surface area contributed by atoms with E-state index in [1.165, 1.54) is 6.07 Å². The molecule has 1 aromatic carbocycles. The van der Waals surface area contributed by atoms with Crippen LogP contribution < -0.4 is 0 Å². The Hall–Kier alpha value is -1.35. The molecular formula is C12H14FNO. The Morgan fingerprint density at radius 2 is 2.20 bits per heavy atom. The molecule has 0 spiro atoms. The Morgan fingerprint density at radius 1 is 1.40 bits per heavy atom. The first kappa shape index (κ1) is 10.2. The third-order valence-corrected chi connectivity index (χ3v) is 2.23. The number of rotatable bonds is 3. The van der Waals surface area contributed by atoms with Crippen LogP contribution in [0.5, 0.6) is 0 Å². The van der Waals surface area contributed by atoms with Gasteiger partial charge in [0.2, 0.25) is 0 Å². The highest BCUT2D eigenvalue weighted by Gasteiger charge is 2.05. The van der Waals surface area contributed by atoms with Gasteiger partial charge in [0.15, 0.2) is 0 Å². The van der Waals surface area contributed by atoms with Crippen LogP contribution in [0.4, 0.5) is 4.39 Å².